The summed E-state index contributed by atoms with van der Waals surface area (Å²) in [6, 6.07) is 4.73. The first-order chi connectivity index (χ1) is 8.50. The van der Waals surface area contributed by atoms with Gasteiger partial charge < -0.3 is 10.5 Å². The first kappa shape index (κ1) is 13.2. The summed E-state index contributed by atoms with van der Waals surface area (Å²) in [6.45, 7) is 2.34. The highest BCUT2D eigenvalue weighted by Gasteiger charge is 2.37. The molecule has 0 aromatic heterocycles. The third-order valence-electron chi connectivity index (χ3n) is 3.08. The summed E-state index contributed by atoms with van der Waals surface area (Å²) in [5, 5.41) is 0. The molecule has 100 valence electrons. The minimum Gasteiger partial charge on any atom is -0.495 e. The maximum Gasteiger partial charge on any atom is 0.243 e. The van der Waals surface area contributed by atoms with Crippen LogP contribution in [-0.4, -0.2) is 32.4 Å². The van der Waals surface area contributed by atoms with Gasteiger partial charge >= 0.3 is 0 Å². The highest BCUT2D eigenvalue weighted by molar-refractivity contribution is 7.89. The Balaban J connectivity index is 2.40. The molecule has 5 nitrogen and oxygen atoms in total. The van der Waals surface area contributed by atoms with Crippen LogP contribution in [0.15, 0.2) is 23.1 Å². The zero-order chi connectivity index (χ0) is 13.3. The fourth-order valence-corrected chi connectivity index (χ4v) is 3.68. The number of nitrogens with zero attached hydrogens (tertiary/aromatic N) is 1. The molecule has 2 rings (SSSR count). The second-order valence-corrected chi connectivity index (χ2v) is 6.23. The topological polar surface area (TPSA) is 72.6 Å². The quantitative estimate of drug-likeness (QED) is 0.822. The Morgan fingerprint density at radius 3 is 2.61 bits per heavy atom. The van der Waals surface area contributed by atoms with E-state index >= 15 is 0 Å². The molecule has 0 heterocycles. The van der Waals surface area contributed by atoms with Gasteiger partial charge in [-0.25, -0.2) is 8.42 Å². The van der Waals surface area contributed by atoms with E-state index in [1.165, 1.54) is 23.5 Å². The van der Waals surface area contributed by atoms with Crippen LogP contribution in [0.4, 0.5) is 5.69 Å². The number of hydrogen-bond acceptors (Lipinski definition) is 4. The Hall–Kier alpha value is -1.27. The third kappa shape index (κ3) is 2.30. The minimum atomic E-state index is -3.44. The minimum absolute atomic E-state index is 0.156. The molecule has 1 fully saturated rings. The van der Waals surface area contributed by atoms with Crippen LogP contribution in [0.5, 0.6) is 5.75 Å². The van der Waals surface area contributed by atoms with Crippen LogP contribution in [0.2, 0.25) is 0 Å². The van der Waals surface area contributed by atoms with Gasteiger partial charge in [-0.2, -0.15) is 4.31 Å². The van der Waals surface area contributed by atoms with Gasteiger partial charge in [-0.15, -0.1) is 0 Å². The molecule has 0 aliphatic heterocycles. The lowest BCUT2D eigenvalue weighted by Crippen LogP contribution is -2.32. The van der Waals surface area contributed by atoms with Gasteiger partial charge in [-0.3, -0.25) is 0 Å². The second kappa shape index (κ2) is 4.78. The van der Waals surface area contributed by atoms with Gasteiger partial charge in [0, 0.05) is 18.7 Å². The van der Waals surface area contributed by atoms with Crippen molar-refractivity contribution in [2.45, 2.75) is 30.7 Å². The summed E-state index contributed by atoms with van der Waals surface area (Å²) in [4.78, 5) is 0.238. The maximum absolute atomic E-state index is 12.5. The van der Waals surface area contributed by atoms with Gasteiger partial charge in [0.2, 0.25) is 10.0 Å². The molecule has 0 saturated heterocycles. The number of ether oxygens (including phenoxy) is 1. The molecule has 18 heavy (non-hydrogen) atoms. The average Bonchev–Trinajstić information content (AvgIpc) is 3.14. The smallest absolute Gasteiger partial charge is 0.243 e. The van der Waals surface area contributed by atoms with Crippen molar-refractivity contribution in [3.05, 3.63) is 18.2 Å². The second-order valence-electron chi connectivity index (χ2n) is 4.34. The van der Waals surface area contributed by atoms with E-state index in [0.717, 1.165) is 12.8 Å². The Bertz CT molecular complexity index is 538. The lowest BCUT2D eigenvalue weighted by molar-refractivity contribution is 0.410. The number of hydrogen-bond donors (Lipinski definition) is 1. The zero-order valence-electron chi connectivity index (χ0n) is 10.6. The predicted octanol–water partition coefficient (Wildman–Crippen LogP) is 1.45. The Morgan fingerprint density at radius 2 is 2.11 bits per heavy atom. The van der Waals surface area contributed by atoms with E-state index in [1.54, 1.807) is 6.07 Å². The largest absolute Gasteiger partial charge is 0.495 e. The lowest BCUT2D eigenvalue weighted by Gasteiger charge is -2.20. The average molecular weight is 270 g/mol. The fraction of sp³-hybridized carbons (Fsp3) is 0.500. The van der Waals surface area contributed by atoms with Crippen LogP contribution in [0.1, 0.15) is 19.8 Å². The summed E-state index contributed by atoms with van der Waals surface area (Å²) in [5.41, 5.74) is 6.13. The van der Waals surface area contributed by atoms with E-state index in [-0.39, 0.29) is 10.9 Å². The Kier molecular flexibility index (Phi) is 3.49. The molecule has 0 atom stereocenters. The van der Waals surface area contributed by atoms with Crippen molar-refractivity contribution in [1.29, 1.82) is 0 Å². The molecule has 1 aromatic rings. The van der Waals surface area contributed by atoms with Crippen molar-refractivity contribution in [3.8, 4) is 5.75 Å². The molecule has 0 spiro atoms. The van der Waals surface area contributed by atoms with Gasteiger partial charge in [0.1, 0.15) is 5.75 Å². The van der Waals surface area contributed by atoms with E-state index in [0.29, 0.717) is 18.0 Å². The molecular weight excluding hydrogens is 252 g/mol. The van der Waals surface area contributed by atoms with E-state index in [1.807, 2.05) is 6.92 Å². The number of rotatable bonds is 5. The molecule has 0 bridgehead atoms. The number of sulfonamides is 1. The highest BCUT2D eigenvalue weighted by atomic mass is 32.2. The molecule has 0 radical (unpaired) electrons. The summed E-state index contributed by atoms with van der Waals surface area (Å²) in [7, 11) is -1.97. The monoisotopic (exact) mass is 270 g/mol. The maximum atomic E-state index is 12.5. The third-order valence-corrected chi connectivity index (χ3v) is 5.10. The normalized spacial score (nSPS) is 15.9. The molecule has 0 unspecified atom stereocenters. The first-order valence-corrected chi connectivity index (χ1v) is 7.40. The molecule has 1 aromatic carbocycles. The fourth-order valence-electron chi connectivity index (χ4n) is 1.97. The molecule has 1 aliphatic rings. The summed E-state index contributed by atoms with van der Waals surface area (Å²) in [6.07, 6.45) is 1.89. The molecular formula is C12H18N2O3S. The van der Waals surface area contributed by atoms with Gasteiger partial charge in [0.15, 0.2) is 0 Å². The van der Waals surface area contributed by atoms with Crippen LogP contribution in [0.3, 0.4) is 0 Å². The van der Waals surface area contributed by atoms with E-state index < -0.39 is 10.0 Å². The van der Waals surface area contributed by atoms with Gasteiger partial charge in [0.05, 0.1) is 17.7 Å². The zero-order valence-corrected chi connectivity index (χ0v) is 11.4. The molecule has 2 N–H and O–H groups in total. The van der Waals surface area contributed by atoms with E-state index in [2.05, 4.69) is 0 Å². The van der Waals surface area contributed by atoms with E-state index in [9.17, 15) is 8.42 Å². The summed E-state index contributed by atoms with van der Waals surface area (Å²) in [5.74, 6) is 0.392. The van der Waals surface area contributed by atoms with E-state index in [4.69, 9.17) is 10.5 Å². The van der Waals surface area contributed by atoms with Crippen LogP contribution >= 0.6 is 0 Å². The van der Waals surface area contributed by atoms with Gasteiger partial charge in [0.25, 0.3) is 0 Å². The number of nitrogen functional groups attached to an aromatic ring is 1. The Labute approximate surface area is 108 Å². The van der Waals surface area contributed by atoms with Crippen molar-refractivity contribution >= 4 is 15.7 Å². The van der Waals surface area contributed by atoms with Gasteiger partial charge in [-0.05, 0) is 25.0 Å². The molecule has 6 heteroatoms. The van der Waals surface area contributed by atoms with Crippen molar-refractivity contribution < 1.29 is 13.2 Å². The number of methoxy groups -OCH3 is 1. The predicted molar refractivity (Wildman–Crippen MR) is 70.0 cm³/mol. The van der Waals surface area contributed by atoms with Crippen molar-refractivity contribution in [2.75, 3.05) is 19.4 Å². The number of benzene rings is 1. The SMILES string of the molecule is CCN(C1CC1)S(=O)(=O)c1ccc(N)c(OC)c1. The Morgan fingerprint density at radius 1 is 1.44 bits per heavy atom. The lowest BCUT2D eigenvalue weighted by atomic mass is 10.3. The van der Waals surface area contributed by atoms with Crippen LogP contribution in [0, 0.1) is 0 Å². The van der Waals surface area contributed by atoms with Crippen LogP contribution in [0.25, 0.3) is 0 Å². The number of anilines is 1. The standard InChI is InChI=1S/C12H18N2O3S/c1-3-14(9-4-5-9)18(15,16)10-6-7-11(13)12(8-10)17-2/h6-9H,3-5,13H2,1-2H3. The highest BCUT2D eigenvalue weighted by Crippen LogP contribution is 2.33. The molecule has 1 saturated carbocycles. The summed E-state index contributed by atoms with van der Waals surface area (Å²) < 4.78 is 31.5. The number of nitrogens with two attached hydrogens (primary N) is 1. The first-order valence-electron chi connectivity index (χ1n) is 5.96. The van der Waals surface area contributed by atoms with Crippen molar-refractivity contribution in [3.63, 3.8) is 0 Å². The van der Waals surface area contributed by atoms with Crippen LogP contribution in [-0.2, 0) is 10.0 Å². The molecule has 0 amide bonds. The van der Waals surface area contributed by atoms with Gasteiger partial charge in [-0.1, -0.05) is 6.92 Å². The van der Waals surface area contributed by atoms with Crippen LogP contribution < -0.4 is 10.5 Å². The van der Waals surface area contributed by atoms with Crippen molar-refractivity contribution in [2.24, 2.45) is 0 Å². The van der Waals surface area contributed by atoms with Crippen molar-refractivity contribution in [1.82, 2.24) is 4.31 Å². The molecule has 1 aliphatic carbocycles. The summed E-state index contributed by atoms with van der Waals surface area (Å²) >= 11 is 0.